The second-order valence-electron chi connectivity index (χ2n) is 5.58. The van der Waals surface area contributed by atoms with Crippen molar-refractivity contribution in [2.24, 2.45) is 0 Å². The molecule has 3 heteroatoms. The van der Waals surface area contributed by atoms with Crippen LogP contribution in [0.15, 0.2) is 0 Å². The van der Waals surface area contributed by atoms with Gasteiger partial charge in [-0.05, 0) is 6.42 Å². The van der Waals surface area contributed by atoms with Crippen LogP contribution in [0.25, 0.3) is 0 Å². The second kappa shape index (κ2) is 19.1. The van der Waals surface area contributed by atoms with Gasteiger partial charge in [0.05, 0.1) is 6.61 Å². The van der Waals surface area contributed by atoms with Gasteiger partial charge < -0.3 is 4.74 Å². The van der Waals surface area contributed by atoms with Gasteiger partial charge in [0, 0.05) is 26.4 Å². The van der Waals surface area contributed by atoms with E-state index in [0.29, 0.717) is 6.61 Å². The Bertz CT molecular complexity index is 195. The quantitative estimate of drug-likeness (QED) is 0.233. The Morgan fingerprint density at radius 3 is 1.40 bits per heavy atom. The molecule has 20 heavy (non-hydrogen) atoms. The molecule has 2 nitrogen and oxygen atoms in total. The van der Waals surface area contributed by atoms with E-state index >= 15 is 0 Å². The van der Waals surface area contributed by atoms with Gasteiger partial charge in [0.25, 0.3) is 0 Å². The summed E-state index contributed by atoms with van der Waals surface area (Å²) in [7, 11) is 0. The zero-order valence-electron chi connectivity index (χ0n) is 13.9. The zero-order valence-corrected chi connectivity index (χ0v) is 16.9. The van der Waals surface area contributed by atoms with Crippen LogP contribution < -0.4 is 0 Å². The molecule has 0 aliphatic rings. The fraction of sp³-hybridized carbons (Fsp3) is 0.941. The smallest absolute Gasteiger partial charge is 0.302 e. The Labute approximate surface area is 139 Å². The second-order valence-corrected chi connectivity index (χ2v) is 5.58. The molecule has 0 spiro atoms. The van der Waals surface area contributed by atoms with Crippen LogP contribution in [0.3, 0.4) is 0 Å². The predicted molar refractivity (Wildman–Crippen MR) is 82.3 cm³/mol. The zero-order chi connectivity index (χ0) is 14.2. The van der Waals surface area contributed by atoms with Crippen molar-refractivity contribution < 1.29 is 29.0 Å². The molecule has 116 valence electrons. The first kappa shape index (κ1) is 22.4. The maximum absolute atomic E-state index is 10.5. The average molecular weight is 336 g/mol. The average Bonchev–Trinajstić information content (AvgIpc) is 2.39. The summed E-state index contributed by atoms with van der Waals surface area (Å²) in [5.74, 6) is -0.154. The van der Waals surface area contributed by atoms with Gasteiger partial charge in [-0.3, -0.25) is 4.79 Å². The van der Waals surface area contributed by atoms with Gasteiger partial charge in [0.1, 0.15) is 0 Å². The third kappa shape index (κ3) is 20.4. The monoisotopic (exact) mass is 334 g/mol. The van der Waals surface area contributed by atoms with Crippen LogP contribution in [0.2, 0.25) is 0 Å². The fourth-order valence-electron chi connectivity index (χ4n) is 2.34. The maximum Gasteiger partial charge on any atom is 0.302 e. The number of carbonyl (C=O) groups excluding carboxylic acids is 1. The summed E-state index contributed by atoms with van der Waals surface area (Å²) in [5.41, 5.74) is 0. The molecule has 0 aliphatic heterocycles. The van der Waals surface area contributed by atoms with Gasteiger partial charge in [0.15, 0.2) is 0 Å². The predicted octanol–water partition coefficient (Wildman–Crippen LogP) is 5.64. The number of hydrogen-bond donors (Lipinski definition) is 0. The molecule has 0 bridgehead atoms. The fourth-order valence-corrected chi connectivity index (χ4v) is 2.34. The summed E-state index contributed by atoms with van der Waals surface area (Å²) in [6.07, 6.45) is 17.5. The minimum Gasteiger partial charge on any atom is -0.466 e. The van der Waals surface area contributed by atoms with E-state index in [-0.39, 0.29) is 25.4 Å². The molecule has 0 amide bonds. The Morgan fingerprint density at radius 1 is 0.700 bits per heavy atom. The number of unbranched alkanes of at least 4 members (excludes halogenated alkanes) is 12. The van der Waals surface area contributed by atoms with Crippen LogP contribution in [0.5, 0.6) is 0 Å². The van der Waals surface area contributed by atoms with E-state index in [2.05, 4.69) is 6.92 Å². The molecule has 0 aromatic heterocycles. The van der Waals surface area contributed by atoms with Crippen LogP contribution in [0.4, 0.5) is 0 Å². The standard InChI is InChI=1S/C17H34O2.Zn/c1-3-4-5-6-7-8-9-10-11-12-13-14-15-16-19-17(2)18;/h3-16H2,1-2H3;. The minimum absolute atomic E-state index is 0. The van der Waals surface area contributed by atoms with Gasteiger partial charge in [-0.2, -0.15) is 0 Å². The van der Waals surface area contributed by atoms with Gasteiger partial charge in [-0.25, -0.2) is 0 Å². The summed E-state index contributed by atoms with van der Waals surface area (Å²) >= 11 is 0. The largest absolute Gasteiger partial charge is 0.466 e. The van der Waals surface area contributed by atoms with Gasteiger partial charge in [0.2, 0.25) is 0 Å². The third-order valence-electron chi connectivity index (χ3n) is 3.55. The van der Waals surface area contributed by atoms with E-state index in [1.54, 1.807) is 0 Å². The molecule has 0 heterocycles. The van der Waals surface area contributed by atoms with E-state index in [1.807, 2.05) is 0 Å². The molecular weight excluding hydrogens is 302 g/mol. The Hall–Kier alpha value is 0.0934. The first-order chi connectivity index (χ1) is 9.27. The van der Waals surface area contributed by atoms with E-state index in [9.17, 15) is 4.79 Å². The summed E-state index contributed by atoms with van der Waals surface area (Å²) in [5, 5.41) is 0. The molecule has 0 unspecified atom stereocenters. The summed E-state index contributed by atoms with van der Waals surface area (Å²) in [6.45, 7) is 4.35. The summed E-state index contributed by atoms with van der Waals surface area (Å²) in [6, 6.07) is 0. The molecule has 0 atom stereocenters. The maximum atomic E-state index is 10.5. The number of hydrogen-bond acceptors (Lipinski definition) is 2. The molecule has 0 aliphatic carbocycles. The summed E-state index contributed by atoms with van der Waals surface area (Å²) in [4.78, 5) is 10.5. The van der Waals surface area contributed by atoms with E-state index < -0.39 is 0 Å². The van der Waals surface area contributed by atoms with E-state index in [1.165, 1.54) is 84.0 Å². The van der Waals surface area contributed by atoms with Crippen LogP contribution in [0, 0.1) is 0 Å². The van der Waals surface area contributed by atoms with E-state index in [4.69, 9.17) is 4.74 Å². The molecule has 0 aromatic rings. The molecule has 0 saturated heterocycles. The number of carbonyl (C=O) groups is 1. The number of ether oxygens (including phenoxy) is 1. The van der Waals surface area contributed by atoms with Crippen LogP contribution in [-0.4, -0.2) is 12.6 Å². The molecule has 0 aromatic carbocycles. The number of esters is 1. The van der Waals surface area contributed by atoms with Crippen molar-refractivity contribution >= 4 is 5.97 Å². The molecule has 0 saturated carbocycles. The van der Waals surface area contributed by atoms with Crippen molar-refractivity contribution in [3.8, 4) is 0 Å². The van der Waals surface area contributed by atoms with Gasteiger partial charge in [-0.15, -0.1) is 0 Å². The topological polar surface area (TPSA) is 26.3 Å². The first-order valence-corrected chi connectivity index (χ1v) is 8.40. The van der Waals surface area contributed by atoms with Crippen molar-refractivity contribution in [1.29, 1.82) is 0 Å². The van der Waals surface area contributed by atoms with Crippen LogP contribution >= 0.6 is 0 Å². The van der Waals surface area contributed by atoms with Gasteiger partial charge in [-0.1, -0.05) is 84.0 Å². The Kier molecular flexibility index (Phi) is 21.4. The molecule has 0 fully saturated rings. The SMILES string of the molecule is CCCCCCCCCCCCCCCOC(C)=O.[Zn]. The van der Waals surface area contributed by atoms with Gasteiger partial charge >= 0.3 is 5.97 Å². The first-order valence-electron chi connectivity index (χ1n) is 8.40. The third-order valence-corrected chi connectivity index (χ3v) is 3.55. The van der Waals surface area contributed by atoms with Crippen molar-refractivity contribution in [3.05, 3.63) is 0 Å². The van der Waals surface area contributed by atoms with Crippen molar-refractivity contribution in [1.82, 2.24) is 0 Å². The Morgan fingerprint density at radius 2 is 1.05 bits per heavy atom. The van der Waals surface area contributed by atoms with E-state index in [0.717, 1.165) is 6.42 Å². The van der Waals surface area contributed by atoms with Crippen LogP contribution in [0.1, 0.15) is 97.3 Å². The molecule has 0 N–H and O–H groups in total. The van der Waals surface area contributed by atoms with Crippen molar-refractivity contribution in [2.45, 2.75) is 97.3 Å². The van der Waals surface area contributed by atoms with Crippen molar-refractivity contribution in [3.63, 3.8) is 0 Å². The molecule has 0 rings (SSSR count). The van der Waals surface area contributed by atoms with Crippen molar-refractivity contribution in [2.75, 3.05) is 6.61 Å². The van der Waals surface area contributed by atoms with Crippen LogP contribution in [-0.2, 0) is 29.0 Å². The molecular formula is C17H34O2Zn. The minimum atomic E-state index is -0.154. The normalized spacial score (nSPS) is 10.1. The summed E-state index contributed by atoms with van der Waals surface area (Å²) < 4.78 is 4.90. The Balaban J connectivity index is 0. The number of rotatable bonds is 14. The molecule has 0 radical (unpaired) electrons.